The smallest absolute Gasteiger partial charge is 0.255 e. The number of rotatable bonds is 11. The van der Waals surface area contributed by atoms with Gasteiger partial charge in [0.2, 0.25) is 15.7 Å². The number of fused-ring (bicyclic) bond motifs is 1. The van der Waals surface area contributed by atoms with Crippen LogP contribution in [0.5, 0.6) is 0 Å². The zero-order valence-electron chi connectivity index (χ0n) is 20.7. The molecule has 0 atom stereocenters. The summed E-state index contributed by atoms with van der Waals surface area (Å²) in [6.45, 7) is 1.98. The van der Waals surface area contributed by atoms with Gasteiger partial charge in [0.1, 0.15) is 11.6 Å². The summed E-state index contributed by atoms with van der Waals surface area (Å²) < 4.78 is 34.6. The van der Waals surface area contributed by atoms with Gasteiger partial charge >= 0.3 is 0 Å². The number of benzene rings is 1. The average Bonchev–Trinajstić information content (AvgIpc) is 3.45. The molecule has 1 fully saturated rings. The molecule has 5 rings (SSSR count). The number of furan rings is 1. The Kier molecular flexibility index (Phi) is 6.92. The Hall–Kier alpha value is -3.80. The molecule has 3 aromatic heterocycles. The molecule has 194 valence electrons. The Morgan fingerprint density at radius 2 is 1.95 bits per heavy atom. The SMILES string of the molecule is CNC(=O)c1c(-c2ccc(C)cc2)oc2nc(NS(=O)(=O)CCCCCc3nn[nH]n3)c(C3CC3)cc12. The standard InChI is InChI=1S/C25H29N7O4S/c1-15-7-9-17(10-8-15)22-21(24(33)26-2)19-14-18(16-11-12-16)23(27-25(19)36-22)30-37(34,35)13-5-3-4-6-20-28-31-32-29-20/h7-10,14,16H,3-6,11-13H2,1-2H3,(H,26,33)(H,27,30)(H,28,29,31,32). The van der Waals surface area contributed by atoms with E-state index in [2.05, 4.69) is 35.6 Å². The second-order valence-electron chi connectivity index (χ2n) is 9.36. The van der Waals surface area contributed by atoms with Crippen molar-refractivity contribution in [2.24, 2.45) is 0 Å². The van der Waals surface area contributed by atoms with Crippen molar-refractivity contribution >= 4 is 32.8 Å². The van der Waals surface area contributed by atoms with E-state index in [-0.39, 0.29) is 29.1 Å². The van der Waals surface area contributed by atoms with Crippen molar-refractivity contribution in [3.05, 3.63) is 52.8 Å². The molecule has 3 N–H and O–H groups in total. The molecule has 0 spiro atoms. The van der Waals surface area contributed by atoms with E-state index >= 15 is 0 Å². The molecule has 0 radical (unpaired) electrons. The maximum atomic E-state index is 12.9. The molecule has 1 amide bonds. The molecule has 4 aromatic rings. The summed E-state index contributed by atoms with van der Waals surface area (Å²) >= 11 is 0. The van der Waals surface area contributed by atoms with Gasteiger partial charge in [-0.2, -0.15) is 10.2 Å². The van der Waals surface area contributed by atoms with Gasteiger partial charge in [0.25, 0.3) is 5.91 Å². The molecule has 0 unspecified atom stereocenters. The van der Waals surface area contributed by atoms with Gasteiger partial charge in [0.05, 0.1) is 16.7 Å². The van der Waals surface area contributed by atoms with E-state index < -0.39 is 10.0 Å². The Morgan fingerprint density at radius 1 is 1.16 bits per heavy atom. The van der Waals surface area contributed by atoms with Gasteiger partial charge in [-0.15, -0.1) is 10.2 Å². The zero-order valence-corrected chi connectivity index (χ0v) is 21.6. The molecule has 1 aliphatic carbocycles. The Morgan fingerprint density at radius 3 is 2.62 bits per heavy atom. The fourth-order valence-corrected chi connectivity index (χ4v) is 5.47. The summed E-state index contributed by atoms with van der Waals surface area (Å²) in [6.07, 6.45) is 4.50. The minimum atomic E-state index is -3.63. The third kappa shape index (κ3) is 5.63. The van der Waals surface area contributed by atoms with Crippen LogP contribution in [0, 0.1) is 6.92 Å². The van der Waals surface area contributed by atoms with Crippen LogP contribution in [0.25, 0.3) is 22.4 Å². The lowest BCUT2D eigenvalue weighted by atomic mass is 10.0. The van der Waals surface area contributed by atoms with Crippen LogP contribution < -0.4 is 10.0 Å². The number of aryl methyl sites for hydroxylation is 2. The van der Waals surface area contributed by atoms with Crippen LogP contribution in [0.15, 0.2) is 34.7 Å². The maximum absolute atomic E-state index is 12.9. The lowest BCUT2D eigenvalue weighted by Gasteiger charge is -2.11. The first-order valence-corrected chi connectivity index (χ1v) is 14.0. The fourth-order valence-electron chi connectivity index (χ4n) is 4.32. The molecular formula is C25H29N7O4S. The van der Waals surface area contributed by atoms with Crippen molar-refractivity contribution in [3.63, 3.8) is 0 Å². The van der Waals surface area contributed by atoms with Gasteiger partial charge in [-0.05, 0) is 50.2 Å². The van der Waals surface area contributed by atoms with Crippen LogP contribution in [-0.4, -0.2) is 52.7 Å². The molecule has 0 saturated heterocycles. The quantitative estimate of drug-likeness (QED) is 0.251. The number of amides is 1. The largest absolute Gasteiger partial charge is 0.437 e. The predicted octanol–water partition coefficient (Wildman–Crippen LogP) is 3.71. The molecule has 37 heavy (non-hydrogen) atoms. The average molecular weight is 524 g/mol. The van der Waals surface area contributed by atoms with E-state index in [1.165, 1.54) is 0 Å². The Balaban J connectivity index is 1.41. The van der Waals surface area contributed by atoms with Gasteiger partial charge in [0, 0.05) is 19.0 Å². The lowest BCUT2D eigenvalue weighted by molar-refractivity contribution is 0.0964. The van der Waals surface area contributed by atoms with Gasteiger partial charge in [-0.3, -0.25) is 9.52 Å². The summed E-state index contributed by atoms with van der Waals surface area (Å²) in [4.78, 5) is 17.5. The van der Waals surface area contributed by atoms with Crippen molar-refractivity contribution in [2.75, 3.05) is 17.5 Å². The normalized spacial score (nSPS) is 13.7. The van der Waals surface area contributed by atoms with E-state index in [1.54, 1.807) is 7.05 Å². The van der Waals surface area contributed by atoms with Crippen molar-refractivity contribution in [1.29, 1.82) is 0 Å². The van der Waals surface area contributed by atoms with Crippen LogP contribution in [0.4, 0.5) is 5.82 Å². The minimum Gasteiger partial charge on any atom is -0.437 e. The lowest BCUT2D eigenvalue weighted by Crippen LogP contribution is -2.19. The number of pyridine rings is 1. The number of unbranched alkanes of at least 4 members (excludes halogenated alkanes) is 2. The number of H-pyrrole nitrogens is 1. The molecule has 11 nitrogen and oxygen atoms in total. The number of aromatic nitrogens is 5. The van der Waals surface area contributed by atoms with Crippen LogP contribution in [0.1, 0.15) is 65.3 Å². The van der Waals surface area contributed by atoms with Crippen molar-refractivity contribution < 1.29 is 17.6 Å². The molecule has 3 heterocycles. The topological polar surface area (TPSA) is 156 Å². The Bertz CT molecular complexity index is 1510. The Labute approximate surface area is 214 Å². The summed E-state index contributed by atoms with van der Waals surface area (Å²) in [5.41, 5.74) is 3.23. The molecule has 0 bridgehead atoms. The third-order valence-corrected chi connectivity index (χ3v) is 7.78. The first-order chi connectivity index (χ1) is 17.8. The number of nitrogens with zero attached hydrogens (tertiary/aromatic N) is 4. The van der Waals surface area contributed by atoms with Crippen molar-refractivity contribution in [1.82, 2.24) is 30.9 Å². The monoisotopic (exact) mass is 523 g/mol. The van der Waals surface area contributed by atoms with Crippen molar-refractivity contribution in [3.8, 4) is 11.3 Å². The third-order valence-electron chi connectivity index (χ3n) is 6.45. The number of hydrogen-bond acceptors (Lipinski definition) is 8. The minimum absolute atomic E-state index is 0.0284. The summed E-state index contributed by atoms with van der Waals surface area (Å²) in [7, 11) is -2.06. The molecule has 12 heteroatoms. The number of carbonyl (C=O) groups excluding carboxylic acids is 1. The van der Waals surface area contributed by atoms with E-state index in [4.69, 9.17) is 4.42 Å². The number of carbonyl (C=O) groups is 1. The highest BCUT2D eigenvalue weighted by Crippen LogP contribution is 2.45. The highest BCUT2D eigenvalue weighted by Gasteiger charge is 2.31. The van der Waals surface area contributed by atoms with E-state index in [1.807, 2.05) is 37.3 Å². The summed E-state index contributed by atoms with van der Waals surface area (Å²) in [6, 6.07) is 9.53. The maximum Gasteiger partial charge on any atom is 0.255 e. The van der Waals surface area contributed by atoms with Gasteiger partial charge in [-0.25, -0.2) is 8.42 Å². The molecule has 1 saturated carbocycles. The van der Waals surface area contributed by atoms with E-state index in [0.717, 1.165) is 36.0 Å². The van der Waals surface area contributed by atoms with Crippen LogP contribution >= 0.6 is 0 Å². The highest BCUT2D eigenvalue weighted by atomic mass is 32.2. The van der Waals surface area contributed by atoms with Gasteiger partial charge in [0.15, 0.2) is 5.82 Å². The molecule has 1 aromatic carbocycles. The van der Waals surface area contributed by atoms with Crippen LogP contribution in [0.2, 0.25) is 0 Å². The fraction of sp³-hybridized carbons (Fsp3) is 0.400. The molecule has 0 aliphatic heterocycles. The van der Waals surface area contributed by atoms with E-state index in [0.29, 0.717) is 41.8 Å². The van der Waals surface area contributed by atoms with Gasteiger partial charge < -0.3 is 9.73 Å². The second kappa shape index (κ2) is 10.3. The van der Waals surface area contributed by atoms with Crippen LogP contribution in [0.3, 0.4) is 0 Å². The highest BCUT2D eigenvalue weighted by molar-refractivity contribution is 7.92. The number of hydrogen-bond donors (Lipinski definition) is 3. The predicted molar refractivity (Wildman–Crippen MR) is 139 cm³/mol. The molecular weight excluding hydrogens is 494 g/mol. The summed E-state index contributed by atoms with van der Waals surface area (Å²) in [5.74, 6) is 1.18. The van der Waals surface area contributed by atoms with Gasteiger partial charge in [-0.1, -0.05) is 41.5 Å². The van der Waals surface area contributed by atoms with Crippen molar-refractivity contribution in [2.45, 2.75) is 51.4 Å². The van der Waals surface area contributed by atoms with E-state index in [9.17, 15) is 13.2 Å². The summed E-state index contributed by atoms with van der Waals surface area (Å²) in [5, 5.41) is 17.0. The second-order valence-corrected chi connectivity index (χ2v) is 11.2. The zero-order chi connectivity index (χ0) is 26.0. The first-order valence-electron chi connectivity index (χ1n) is 12.3. The first kappa shape index (κ1) is 24.9. The number of nitrogens with one attached hydrogen (secondary N) is 3. The number of anilines is 1. The number of tetrazole rings is 1. The van der Waals surface area contributed by atoms with Crippen LogP contribution in [-0.2, 0) is 16.4 Å². The number of sulfonamides is 1. The molecule has 1 aliphatic rings. The number of aromatic amines is 1.